The second-order valence-electron chi connectivity index (χ2n) is 6.24. The summed E-state index contributed by atoms with van der Waals surface area (Å²) in [7, 11) is 1.75. The Kier molecular flexibility index (Phi) is 6.79. The van der Waals surface area contributed by atoms with Crippen molar-refractivity contribution >= 4 is 35.5 Å². The van der Waals surface area contributed by atoms with E-state index >= 15 is 0 Å². The number of nitrogens with one attached hydrogen (secondary N) is 1. The smallest absolute Gasteiger partial charge is 0.172 e. The normalized spacial score (nSPS) is 14.0. The molecule has 28 heavy (non-hydrogen) atoms. The first-order chi connectivity index (χ1) is 13.4. The monoisotopic (exact) mass is 430 g/mol. The van der Waals surface area contributed by atoms with Crippen molar-refractivity contribution in [1.82, 2.24) is 15.3 Å². The van der Waals surface area contributed by atoms with Crippen LogP contribution in [-0.2, 0) is 16.3 Å². The molecule has 1 unspecified atom stereocenters. The maximum Gasteiger partial charge on any atom is 0.172 e. The molecule has 10 heteroatoms. The number of thioether (sulfide) groups is 1. The summed E-state index contributed by atoms with van der Waals surface area (Å²) >= 11 is 7.23. The molecule has 5 nitrogen and oxygen atoms in total. The molecule has 0 saturated carbocycles. The van der Waals surface area contributed by atoms with Gasteiger partial charge < -0.3 is 15.0 Å². The third kappa shape index (κ3) is 4.42. The number of rotatable bonds is 8. The highest BCUT2D eigenvalue weighted by atomic mass is 35.5. The van der Waals surface area contributed by atoms with Crippen molar-refractivity contribution in [2.24, 2.45) is 0 Å². The van der Waals surface area contributed by atoms with Crippen LogP contribution in [0.4, 0.5) is 19.0 Å². The Balaban J connectivity index is 2.10. The fourth-order valence-electron chi connectivity index (χ4n) is 2.89. The minimum atomic E-state index is -1.69. The van der Waals surface area contributed by atoms with Gasteiger partial charge >= 0.3 is 0 Å². The quantitative estimate of drug-likeness (QED) is 0.512. The highest BCUT2D eigenvalue weighted by Crippen LogP contribution is 2.37. The van der Waals surface area contributed by atoms with E-state index in [0.29, 0.717) is 36.1 Å². The average molecular weight is 431 g/mol. The van der Waals surface area contributed by atoms with Crippen molar-refractivity contribution in [3.8, 4) is 11.4 Å². The van der Waals surface area contributed by atoms with Gasteiger partial charge in [-0.05, 0) is 19.2 Å². The minimum absolute atomic E-state index is 0.000264. The lowest BCUT2D eigenvalue weighted by atomic mass is 10.1. The summed E-state index contributed by atoms with van der Waals surface area (Å²) in [6, 6.07) is 1.83. The van der Waals surface area contributed by atoms with E-state index in [1.807, 2.05) is 0 Å². The van der Waals surface area contributed by atoms with Crippen molar-refractivity contribution in [2.75, 3.05) is 31.6 Å². The molecule has 150 valence electrons. The number of alkyl halides is 1. The molecule has 2 heterocycles. The van der Waals surface area contributed by atoms with Crippen LogP contribution >= 0.6 is 23.4 Å². The molecule has 0 amide bonds. The summed E-state index contributed by atoms with van der Waals surface area (Å²) in [5, 5.41) is 2.64. The molecule has 2 aromatic rings. The standard InChI is InChI=1S/C18H18ClF3N4OS/c1-23-2-3-26(6-10(20)7-27)18-12-8-28-9-16(12)24-17(25-18)11-4-15(22)13(19)5-14(11)21/h4-5,7,10,23H,2-3,6,8-9H2,1H3. The molecule has 0 spiro atoms. The second-order valence-corrected chi connectivity index (χ2v) is 7.63. The van der Waals surface area contributed by atoms with E-state index in [0.717, 1.165) is 17.7 Å². The average Bonchev–Trinajstić information content (AvgIpc) is 3.15. The fraction of sp³-hybridized carbons (Fsp3) is 0.389. The molecule has 0 radical (unpaired) electrons. The van der Waals surface area contributed by atoms with E-state index < -0.39 is 17.8 Å². The number of carbonyl (C=O) groups is 1. The lowest BCUT2D eigenvalue weighted by molar-refractivity contribution is -0.111. The number of hydrogen-bond acceptors (Lipinski definition) is 6. The van der Waals surface area contributed by atoms with Gasteiger partial charge in [0, 0.05) is 30.2 Å². The van der Waals surface area contributed by atoms with Gasteiger partial charge in [-0.25, -0.2) is 23.1 Å². The van der Waals surface area contributed by atoms with E-state index in [2.05, 4.69) is 15.3 Å². The van der Waals surface area contributed by atoms with Crippen molar-refractivity contribution in [3.63, 3.8) is 0 Å². The number of nitrogens with zero attached hydrogens (tertiary/aromatic N) is 3. The van der Waals surface area contributed by atoms with Gasteiger partial charge in [0.1, 0.15) is 17.5 Å². The molecule has 0 bridgehead atoms. The lowest BCUT2D eigenvalue weighted by Crippen LogP contribution is -2.37. The van der Waals surface area contributed by atoms with Crippen molar-refractivity contribution < 1.29 is 18.0 Å². The van der Waals surface area contributed by atoms with E-state index in [1.165, 1.54) is 0 Å². The third-order valence-corrected chi connectivity index (χ3v) is 5.54. The molecular weight excluding hydrogens is 413 g/mol. The molecule has 1 aliphatic rings. The number of fused-ring (bicyclic) bond motifs is 1. The number of benzene rings is 1. The van der Waals surface area contributed by atoms with Crippen LogP contribution in [0.1, 0.15) is 11.3 Å². The summed E-state index contributed by atoms with van der Waals surface area (Å²) < 4.78 is 42.1. The van der Waals surface area contributed by atoms with Crippen molar-refractivity contribution in [3.05, 3.63) is 40.0 Å². The van der Waals surface area contributed by atoms with Crippen LogP contribution in [0.5, 0.6) is 0 Å². The Labute approximate surface area is 169 Å². The maximum absolute atomic E-state index is 14.4. The van der Waals surface area contributed by atoms with Gasteiger partial charge in [-0.1, -0.05) is 11.6 Å². The number of carbonyl (C=O) groups excluding carboxylic acids is 1. The molecule has 0 aliphatic carbocycles. The lowest BCUT2D eigenvalue weighted by Gasteiger charge is -2.26. The van der Waals surface area contributed by atoms with Crippen LogP contribution in [0.25, 0.3) is 11.4 Å². The minimum Gasteiger partial charge on any atom is -0.352 e. The Morgan fingerprint density at radius 2 is 2.11 bits per heavy atom. The zero-order valence-electron chi connectivity index (χ0n) is 15.0. The highest BCUT2D eigenvalue weighted by Gasteiger charge is 2.26. The molecule has 1 aromatic carbocycles. The van der Waals surface area contributed by atoms with Crippen LogP contribution in [0.3, 0.4) is 0 Å². The summed E-state index contributed by atoms with van der Waals surface area (Å²) in [5.41, 5.74) is 1.39. The molecular formula is C18H18ClF3N4OS. The Hall–Kier alpha value is -1.84. The predicted molar refractivity (Wildman–Crippen MR) is 104 cm³/mol. The number of hydrogen-bond donors (Lipinski definition) is 1. The summed E-state index contributed by atoms with van der Waals surface area (Å²) in [6.07, 6.45) is -1.46. The van der Waals surface area contributed by atoms with E-state index in [-0.39, 0.29) is 29.2 Å². The second kappa shape index (κ2) is 9.11. The van der Waals surface area contributed by atoms with Gasteiger partial charge in [0.25, 0.3) is 0 Å². The van der Waals surface area contributed by atoms with Crippen molar-refractivity contribution in [2.45, 2.75) is 17.7 Å². The summed E-state index contributed by atoms with van der Waals surface area (Å²) in [5.74, 6) is 0.106. The Morgan fingerprint density at radius 3 is 2.82 bits per heavy atom. The number of halogens is 4. The number of anilines is 1. The zero-order valence-corrected chi connectivity index (χ0v) is 16.6. The van der Waals surface area contributed by atoms with Gasteiger partial charge in [-0.3, -0.25) is 0 Å². The van der Waals surface area contributed by atoms with Gasteiger partial charge in [0.15, 0.2) is 18.3 Å². The first-order valence-corrected chi connectivity index (χ1v) is 10.1. The van der Waals surface area contributed by atoms with Crippen LogP contribution in [-0.4, -0.2) is 49.1 Å². The summed E-state index contributed by atoms with van der Waals surface area (Å²) in [6.45, 7) is 0.725. The first-order valence-electron chi connectivity index (χ1n) is 8.56. The molecule has 0 fully saturated rings. The van der Waals surface area contributed by atoms with Crippen LogP contribution in [0.2, 0.25) is 5.02 Å². The molecule has 1 N–H and O–H groups in total. The Bertz CT molecular complexity index is 886. The van der Waals surface area contributed by atoms with E-state index in [1.54, 1.807) is 23.7 Å². The first kappa shape index (κ1) is 20.9. The fourth-order valence-corrected chi connectivity index (χ4v) is 4.08. The maximum atomic E-state index is 14.4. The molecule has 1 aliphatic heterocycles. The van der Waals surface area contributed by atoms with Crippen molar-refractivity contribution in [1.29, 1.82) is 0 Å². The molecule has 1 atom stereocenters. The van der Waals surface area contributed by atoms with E-state index in [9.17, 15) is 18.0 Å². The Morgan fingerprint density at radius 1 is 1.32 bits per heavy atom. The number of aromatic nitrogens is 2. The molecule has 3 rings (SSSR count). The topological polar surface area (TPSA) is 58.1 Å². The van der Waals surface area contributed by atoms with Gasteiger partial charge in [0.2, 0.25) is 0 Å². The number of likely N-dealkylation sites (N-methyl/N-ethyl adjacent to an activating group) is 1. The zero-order chi connectivity index (χ0) is 20.3. The SMILES string of the molecule is CNCCN(CC(F)C=O)c1nc(-c2cc(F)c(Cl)cc2F)nc2c1CSC2. The third-order valence-electron chi connectivity index (χ3n) is 4.28. The van der Waals surface area contributed by atoms with E-state index in [4.69, 9.17) is 11.6 Å². The predicted octanol–water partition coefficient (Wildman–Crippen LogP) is 3.38. The highest BCUT2D eigenvalue weighted by molar-refractivity contribution is 7.98. The van der Waals surface area contributed by atoms with Crippen LogP contribution in [0, 0.1) is 11.6 Å². The van der Waals surface area contributed by atoms with Gasteiger partial charge in [0.05, 0.1) is 22.8 Å². The summed E-state index contributed by atoms with van der Waals surface area (Å²) in [4.78, 5) is 21.3. The molecule has 1 aromatic heterocycles. The molecule has 0 saturated heterocycles. The van der Waals surface area contributed by atoms with Gasteiger partial charge in [-0.15, -0.1) is 0 Å². The van der Waals surface area contributed by atoms with Crippen LogP contribution < -0.4 is 10.2 Å². The number of aldehydes is 1. The van der Waals surface area contributed by atoms with Crippen LogP contribution in [0.15, 0.2) is 12.1 Å². The van der Waals surface area contributed by atoms with Gasteiger partial charge in [-0.2, -0.15) is 11.8 Å². The largest absolute Gasteiger partial charge is 0.352 e.